The molecule has 0 saturated heterocycles. The summed E-state index contributed by atoms with van der Waals surface area (Å²) in [5.74, 6) is 0. The zero-order valence-corrected chi connectivity index (χ0v) is 24.5. The molecule has 9 aromatic rings. The molecule has 206 valence electrons. The molecule has 2 heterocycles. The first-order valence-corrected chi connectivity index (χ1v) is 15.3. The van der Waals surface area contributed by atoms with Crippen molar-refractivity contribution in [3.8, 4) is 44.5 Å². The van der Waals surface area contributed by atoms with E-state index in [9.17, 15) is 0 Å². The third-order valence-corrected chi connectivity index (χ3v) is 9.24. The minimum absolute atomic E-state index is 1.23. The van der Waals surface area contributed by atoms with Gasteiger partial charge in [-0.15, -0.1) is 0 Å². The molecule has 0 amide bonds. The second kappa shape index (κ2) is 9.69. The van der Waals surface area contributed by atoms with E-state index in [1.807, 2.05) is 0 Å². The quantitative estimate of drug-likeness (QED) is 0.202. The van der Waals surface area contributed by atoms with Crippen molar-refractivity contribution in [2.45, 2.75) is 6.92 Å². The molecule has 0 aliphatic heterocycles. The maximum atomic E-state index is 2.44. The first-order valence-electron chi connectivity index (χ1n) is 15.3. The van der Waals surface area contributed by atoms with Crippen molar-refractivity contribution in [2.75, 3.05) is 0 Å². The maximum Gasteiger partial charge on any atom is 0.0620 e. The maximum absolute atomic E-state index is 2.44. The monoisotopic (exact) mass is 559 g/mol. The molecular weight excluding hydrogens is 530 g/mol. The van der Waals surface area contributed by atoms with Crippen molar-refractivity contribution in [3.05, 3.63) is 163 Å². The van der Waals surface area contributed by atoms with E-state index in [1.54, 1.807) is 0 Å². The Labute approximate surface area is 256 Å². The molecule has 0 unspecified atom stereocenters. The first-order chi connectivity index (χ1) is 21.7. The van der Waals surface area contributed by atoms with Crippen LogP contribution in [0.3, 0.4) is 0 Å². The highest BCUT2D eigenvalue weighted by molar-refractivity contribution is 6.23. The van der Waals surface area contributed by atoms with Gasteiger partial charge >= 0.3 is 0 Å². The number of hydrogen-bond donors (Lipinski definition) is 0. The molecule has 0 fully saturated rings. The number of fused-ring (bicyclic) bond motifs is 6. The summed E-state index contributed by atoms with van der Waals surface area (Å²) in [7, 11) is 0. The van der Waals surface area contributed by atoms with Gasteiger partial charge in [-0.05, 0) is 93.4 Å². The predicted octanol–water partition coefficient (Wildman–Crippen LogP) is 11.8. The molecular formula is C43H29N. The summed E-state index contributed by atoms with van der Waals surface area (Å²) in [6.45, 7) is 2.24. The van der Waals surface area contributed by atoms with E-state index >= 15 is 0 Å². The number of benzene rings is 7. The van der Waals surface area contributed by atoms with Gasteiger partial charge < -0.3 is 4.40 Å². The van der Waals surface area contributed by atoms with Gasteiger partial charge in [0, 0.05) is 21.5 Å². The van der Waals surface area contributed by atoms with Crippen LogP contribution in [0, 0.1) is 6.92 Å². The van der Waals surface area contributed by atoms with Crippen LogP contribution in [0.1, 0.15) is 5.56 Å². The molecule has 1 heteroatoms. The van der Waals surface area contributed by atoms with E-state index in [4.69, 9.17) is 0 Å². The molecule has 1 nitrogen and oxygen atoms in total. The summed E-state index contributed by atoms with van der Waals surface area (Å²) in [4.78, 5) is 0. The van der Waals surface area contributed by atoms with Gasteiger partial charge in [0.15, 0.2) is 0 Å². The number of nitrogens with zero attached hydrogens (tertiary/aromatic N) is 1. The fourth-order valence-electron chi connectivity index (χ4n) is 7.16. The van der Waals surface area contributed by atoms with Crippen LogP contribution in [0.4, 0.5) is 0 Å². The third kappa shape index (κ3) is 3.80. The highest BCUT2D eigenvalue weighted by atomic mass is 14.9. The molecule has 0 atom stereocenters. The van der Waals surface area contributed by atoms with Gasteiger partial charge in [-0.25, -0.2) is 0 Å². The Morgan fingerprint density at radius 2 is 0.886 bits per heavy atom. The van der Waals surface area contributed by atoms with Crippen LogP contribution >= 0.6 is 0 Å². The normalized spacial score (nSPS) is 11.8. The Bertz CT molecular complexity index is 2420. The standard InChI is InChI=1S/C43H29N/c1-28-23-31(35-25-33(29-11-4-2-5-12-29)24-34(26-35)30-13-6-3-7-14-30)19-21-36(28)32-20-22-42-40(27-32)39-17-10-16-38-37-15-8-9-18-41(37)44(42)43(38)39/h2-27H,1H3. The van der Waals surface area contributed by atoms with Gasteiger partial charge in [-0.3, -0.25) is 0 Å². The van der Waals surface area contributed by atoms with Crippen molar-refractivity contribution in [2.24, 2.45) is 0 Å². The lowest BCUT2D eigenvalue weighted by Gasteiger charge is -2.13. The molecule has 0 aliphatic rings. The Morgan fingerprint density at radius 1 is 0.341 bits per heavy atom. The summed E-state index contributed by atoms with van der Waals surface area (Å²) in [5.41, 5.74) is 15.0. The summed E-state index contributed by atoms with van der Waals surface area (Å²) < 4.78 is 2.44. The topological polar surface area (TPSA) is 4.41 Å². The highest BCUT2D eigenvalue weighted by Crippen LogP contribution is 2.41. The molecule has 44 heavy (non-hydrogen) atoms. The Morgan fingerprint density at radius 3 is 1.57 bits per heavy atom. The number of rotatable bonds is 4. The van der Waals surface area contributed by atoms with E-state index in [1.165, 1.54) is 88.2 Å². The fourth-order valence-corrected chi connectivity index (χ4v) is 7.16. The van der Waals surface area contributed by atoms with E-state index in [-0.39, 0.29) is 0 Å². The van der Waals surface area contributed by atoms with Gasteiger partial charge in [-0.1, -0.05) is 121 Å². The minimum atomic E-state index is 1.23. The number of aromatic nitrogens is 1. The molecule has 0 spiro atoms. The molecule has 2 aromatic heterocycles. The molecule has 0 radical (unpaired) electrons. The van der Waals surface area contributed by atoms with Gasteiger partial charge in [0.2, 0.25) is 0 Å². The molecule has 9 rings (SSSR count). The third-order valence-electron chi connectivity index (χ3n) is 9.24. The molecule has 0 aliphatic carbocycles. The molecule has 7 aromatic carbocycles. The average molecular weight is 560 g/mol. The highest BCUT2D eigenvalue weighted by Gasteiger charge is 2.17. The second-order valence-electron chi connectivity index (χ2n) is 11.8. The lowest BCUT2D eigenvalue weighted by molar-refractivity contribution is 1.37. The minimum Gasteiger partial charge on any atom is -0.308 e. The zero-order valence-electron chi connectivity index (χ0n) is 24.5. The number of para-hydroxylation sites is 2. The van der Waals surface area contributed by atoms with Gasteiger partial charge in [-0.2, -0.15) is 0 Å². The van der Waals surface area contributed by atoms with Gasteiger partial charge in [0.05, 0.1) is 16.6 Å². The zero-order chi connectivity index (χ0) is 29.2. The van der Waals surface area contributed by atoms with Crippen LogP contribution in [-0.2, 0) is 0 Å². The number of aryl methyl sites for hydroxylation is 1. The van der Waals surface area contributed by atoms with Crippen LogP contribution < -0.4 is 0 Å². The summed E-state index contributed by atoms with van der Waals surface area (Å²) in [6, 6.07) is 57.7. The Kier molecular flexibility index (Phi) is 5.48. The summed E-state index contributed by atoms with van der Waals surface area (Å²) in [5, 5.41) is 5.26. The van der Waals surface area contributed by atoms with Crippen LogP contribution in [-0.4, -0.2) is 4.40 Å². The second-order valence-corrected chi connectivity index (χ2v) is 11.8. The molecule has 0 saturated carbocycles. The lowest BCUT2D eigenvalue weighted by atomic mass is 9.91. The van der Waals surface area contributed by atoms with E-state index in [0.717, 1.165) is 0 Å². The molecule has 0 N–H and O–H groups in total. The van der Waals surface area contributed by atoms with E-state index in [2.05, 4.69) is 169 Å². The largest absolute Gasteiger partial charge is 0.308 e. The fraction of sp³-hybridized carbons (Fsp3) is 0.0233. The average Bonchev–Trinajstić information content (AvgIpc) is 3.61. The van der Waals surface area contributed by atoms with Gasteiger partial charge in [0.25, 0.3) is 0 Å². The van der Waals surface area contributed by atoms with Gasteiger partial charge in [0.1, 0.15) is 0 Å². The Hall–Kier alpha value is -5.66. The number of hydrogen-bond acceptors (Lipinski definition) is 0. The van der Waals surface area contributed by atoms with Crippen LogP contribution in [0.2, 0.25) is 0 Å². The van der Waals surface area contributed by atoms with Crippen molar-refractivity contribution < 1.29 is 0 Å². The first kappa shape index (κ1) is 24.9. The smallest absolute Gasteiger partial charge is 0.0620 e. The van der Waals surface area contributed by atoms with E-state index in [0.29, 0.717) is 0 Å². The van der Waals surface area contributed by atoms with Crippen LogP contribution in [0.25, 0.3) is 82.6 Å². The lowest BCUT2D eigenvalue weighted by Crippen LogP contribution is -1.89. The molecule has 0 bridgehead atoms. The SMILES string of the molecule is Cc1cc(-c2cc(-c3ccccc3)cc(-c3ccccc3)c2)ccc1-c1ccc2c(c1)c1cccc3c4ccccc4n2c31. The predicted molar refractivity (Wildman–Crippen MR) is 188 cm³/mol. The van der Waals surface area contributed by atoms with Crippen molar-refractivity contribution in [1.29, 1.82) is 0 Å². The van der Waals surface area contributed by atoms with Crippen molar-refractivity contribution in [3.63, 3.8) is 0 Å². The van der Waals surface area contributed by atoms with E-state index < -0.39 is 0 Å². The van der Waals surface area contributed by atoms with Crippen LogP contribution in [0.5, 0.6) is 0 Å². The summed E-state index contributed by atoms with van der Waals surface area (Å²) >= 11 is 0. The van der Waals surface area contributed by atoms with Crippen molar-refractivity contribution in [1.82, 2.24) is 4.40 Å². The van der Waals surface area contributed by atoms with Crippen molar-refractivity contribution >= 4 is 38.1 Å². The van der Waals surface area contributed by atoms with Crippen LogP contribution in [0.15, 0.2) is 158 Å². The Balaban J connectivity index is 1.17. The summed E-state index contributed by atoms with van der Waals surface area (Å²) in [6.07, 6.45) is 0.